The lowest BCUT2D eigenvalue weighted by molar-refractivity contribution is -0.208. The summed E-state index contributed by atoms with van der Waals surface area (Å²) in [7, 11) is -4.67. The summed E-state index contributed by atoms with van der Waals surface area (Å²) in [5.41, 5.74) is 0. The van der Waals surface area contributed by atoms with Crippen LogP contribution < -0.4 is 0 Å². The normalized spacial score (nSPS) is 11.8. The van der Waals surface area contributed by atoms with Crippen LogP contribution in [0, 0.1) is 0 Å². The largest absolute Gasteiger partial charge is 0.394 e. The number of halogens is 3. The molecule has 0 aromatic carbocycles. The van der Waals surface area contributed by atoms with Gasteiger partial charge in [0.2, 0.25) is 0 Å². The maximum absolute atomic E-state index is 10.6. The lowest BCUT2D eigenvalue weighted by atomic mass is 10.7. The van der Waals surface area contributed by atoms with Gasteiger partial charge in [0.1, 0.15) is 0 Å². The Bertz CT molecular complexity index is 172. The number of hydrogen-bond acceptors (Lipinski definition) is 3. The summed E-state index contributed by atoms with van der Waals surface area (Å²) in [5, 5.41) is 7.12. The number of hydrogen-bond donors (Lipinski definition) is 3. The van der Waals surface area contributed by atoms with Crippen molar-refractivity contribution in [3.05, 3.63) is 0 Å². The van der Waals surface area contributed by atoms with Crippen molar-refractivity contribution in [1.82, 2.24) is 0 Å². The van der Waals surface area contributed by atoms with Crippen LogP contribution in [0.2, 0.25) is 0 Å². The molecule has 0 amide bonds. The van der Waals surface area contributed by atoms with Crippen molar-refractivity contribution in [2.75, 3.05) is 6.67 Å². The molecule has 0 aromatic rings. The van der Waals surface area contributed by atoms with Gasteiger partial charge >= 0.3 is 16.5 Å². The molecule has 11 heavy (non-hydrogen) atoms. The SMILES string of the molecule is O=S(=O)(O)O.OC(F)(F)CF. The average Bonchev–Trinajstić information content (AvgIpc) is 1.59. The number of alkyl halides is 3. The summed E-state index contributed by atoms with van der Waals surface area (Å²) in [4.78, 5) is 0. The zero-order chi connectivity index (χ0) is 9.71. The maximum Gasteiger partial charge on any atom is 0.394 e. The summed E-state index contributed by atoms with van der Waals surface area (Å²) < 4.78 is 63.3. The zero-order valence-corrected chi connectivity index (χ0v) is 5.72. The molecule has 0 saturated heterocycles. The van der Waals surface area contributed by atoms with Crippen molar-refractivity contribution in [1.29, 1.82) is 0 Å². The lowest BCUT2D eigenvalue weighted by Gasteiger charge is -1.97. The van der Waals surface area contributed by atoms with Crippen molar-refractivity contribution in [3.63, 3.8) is 0 Å². The van der Waals surface area contributed by atoms with Crippen LogP contribution in [0.3, 0.4) is 0 Å². The second kappa shape index (κ2) is 4.49. The molecule has 9 heteroatoms. The third kappa shape index (κ3) is 81.4. The van der Waals surface area contributed by atoms with Gasteiger partial charge in [-0.3, -0.25) is 9.11 Å². The van der Waals surface area contributed by atoms with E-state index in [2.05, 4.69) is 0 Å². The second-order valence-corrected chi connectivity index (χ2v) is 2.14. The third-order valence-electron chi connectivity index (χ3n) is 0.161. The molecule has 0 heterocycles. The minimum absolute atomic E-state index is 2.01. The Balaban J connectivity index is 0. The molecule has 0 bridgehead atoms. The topological polar surface area (TPSA) is 94.8 Å². The van der Waals surface area contributed by atoms with Gasteiger partial charge in [0.25, 0.3) is 0 Å². The molecule has 0 rings (SSSR count). The first-order valence-corrected chi connectivity index (χ1v) is 3.32. The van der Waals surface area contributed by atoms with Gasteiger partial charge in [-0.25, -0.2) is 4.39 Å². The predicted molar refractivity (Wildman–Crippen MR) is 27.3 cm³/mol. The number of aliphatic hydroxyl groups is 1. The molecule has 0 aliphatic heterocycles. The molecule has 0 atom stereocenters. The van der Waals surface area contributed by atoms with E-state index < -0.39 is 23.2 Å². The van der Waals surface area contributed by atoms with E-state index in [4.69, 9.17) is 22.6 Å². The molecular weight excluding hydrogens is 193 g/mol. The van der Waals surface area contributed by atoms with Crippen molar-refractivity contribution in [2.45, 2.75) is 6.11 Å². The van der Waals surface area contributed by atoms with Gasteiger partial charge in [-0.15, -0.1) is 0 Å². The summed E-state index contributed by atoms with van der Waals surface area (Å²) in [6.45, 7) is -2.01. The molecule has 0 aliphatic rings. The van der Waals surface area contributed by atoms with E-state index in [1.807, 2.05) is 0 Å². The van der Waals surface area contributed by atoms with E-state index in [1.54, 1.807) is 0 Å². The fourth-order valence-corrected chi connectivity index (χ4v) is 0. The Hall–Kier alpha value is -0.380. The molecule has 70 valence electrons. The number of rotatable bonds is 1. The zero-order valence-electron chi connectivity index (χ0n) is 4.91. The van der Waals surface area contributed by atoms with Crippen LogP contribution in [0.1, 0.15) is 0 Å². The van der Waals surface area contributed by atoms with Gasteiger partial charge in [0, 0.05) is 0 Å². The van der Waals surface area contributed by atoms with Crippen LogP contribution in [0.25, 0.3) is 0 Å². The predicted octanol–water partition coefficient (Wildman–Crippen LogP) is -0.112. The Morgan fingerprint density at radius 2 is 1.36 bits per heavy atom. The summed E-state index contributed by atoms with van der Waals surface area (Å²) >= 11 is 0. The first-order chi connectivity index (χ1) is 4.56. The molecule has 0 aliphatic carbocycles. The van der Waals surface area contributed by atoms with Gasteiger partial charge < -0.3 is 5.11 Å². The molecule has 0 fully saturated rings. The average molecular weight is 198 g/mol. The van der Waals surface area contributed by atoms with Crippen LogP contribution in [0.15, 0.2) is 0 Å². The van der Waals surface area contributed by atoms with E-state index >= 15 is 0 Å². The monoisotopic (exact) mass is 198 g/mol. The van der Waals surface area contributed by atoms with E-state index in [-0.39, 0.29) is 0 Å². The lowest BCUT2D eigenvalue weighted by Crippen LogP contribution is -2.15. The molecular formula is C2H5F3O5S. The Morgan fingerprint density at radius 1 is 1.27 bits per heavy atom. The second-order valence-electron chi connectivity index (χ2n) is 1.25. The third-order valence-corrected chi connectivity index (χ3v) is 0.161. The Kier molecular flexibility index (Phi) is 5.40. The van der Waals surface area contributed by atoms with Crippen molar-refractivity contribution in [3.8, 4) is 0 Å². The summed E-state index contributed by atoms with van der Waals surface area (Å²) in [5.74, 6) is 0. The molecule has 0 saturated carbocycles. The van der Waals surface area contributed by atoms with Crippen molar-refractivity contribution in [2.24, 2.45) is 0 Å². The maximum atomic E-state index is 10.6. The Labute approximate surface area is 60.0 Å². The fourth-order valence-electron chi connectivity index (χ4n) is 0. The van der Waals surface area contributed by atoms with E-state index in [9.17, 15) is 13.2 Å². The van der Waals surface area contributed by atoms with Gasteiger partial charge in [0.05, 0.1) is 0 Å². The summed E-state index contributed by atoms with van der Waals surface area (Å²) in [6.07, 6.45) is -4.12. The van der Waals surface area contributed by atoms with Crippen molar-refractivity contribution >= 4 is 10.4 Å². The molecule has 0 radical (unpaired) electrons. The van der Waals surface area contributed by atoms with Crippen LogP contribution in [-0.4, -0.2) is 35.4 Å². The first kappa shape index (κ1) is 13.2. The molecule has 0 aromatic heterocycles. The molecule has 0 spiro atoms. The van der Waals surface area contributed by atoms with Crippen LogP contribution in [0.5, 0.6) is 0 Å². The highest BCUT2D eigenvalue weighted by molar-refractivity contribution is 7.79. The van der Waals surface area contributed by atoms with Gasteiger partial charge in [-0.1, -0.05) is 0 Å². The highest BCUT2D eigenvalue weighted by Crippen LogP contribution is 2.06. The van der Waals surface area contributed by atoms with Crippen LogP contribution in [0.4, 0.5) is 13.2 Å². The molecule has 3 N–H and O–H groups in total. The summed E-state index contributed by atoms with van der Waals surface area (Å²) in [6, 6.07) is 0. The van der Waals surface area contributed by atoms with Gasteiger partial charge in [0.15, 0.2) is 6.67 Å². The molecule has 5 nitrogen and oxygen atoms in total. The van der Waals surface area contributed by atoms with E-state index in [1.165, 1.54) is 0 Å². The molecule has 0 unspecified atom stereocenters. The van der Waals surface area contributed by atoms with E-state index in [0.717, 1.165) is 0 Å². The Morgan fingerprint density at radius 3 is 1.36 bits per heavy atom. The van der Waals surface area contributed by atoms with Gasteiger partial charge in [-0.2, -0.15) is 17.2 Å². The van der Waals surface area contributed by atoms with Crippen LogP contribution >= 0.6 is 0 Å². The minimum atomic E-state index is -4.67. The smallest absolute Gasteiger partial charge is 0.334 e. The van der Waals surface area contributed by atoms with Gasteiger partial charge in [-0.05, 0) is 0 Å². The first-order valence-electron chi connectivity index (χ1n) is 1.92. The van der Waals surface area contributed by atoms with E-state index in [0.29, 0.717) is 0 Å². The quantitative estimate of drug-likeness (QED) is 0.511. The highest BCUT2D eigenvalue weighted by atomic mass is 32.3. The van der Waals surface area contributed by atoms with Crippen LogP contribution in [-0.2, 0) is 10.4 Å². The minimum Gasteiger partial charge on any atom is -0.334 e. The highest BCUT2D eigenvalue weighted by Gasteiger charge is 2.22. The van der Waals surface area contributed by atoms with Crippen molar-refractivity contribution < 1.29 is 35.8 Å². The fraction of sp³-hybridized carbons (Fsp3) is 1.00. The standard InChI is InChI=1S/C2H3F3O.H2O4S/c3-1-2(4,5)6;1-5(2,3)4/h6H,1H2;(H2,1,2,3,4).